The van der Waals surface area contributed by atoms with E-state index in [2.05, 4.69) is 35.2 Å². The molecule has 1 aromatic heterocycles. The van der Waals surface area contributed by atoms with E-state index in [0.717, 1.165) is 42.6 Å². The van der Waals surface area contributed by atoms with E-state index in [1.807, 2.05) is 18.2 Å². The van der Waals surface area contributed by atoms with Crippen LogP contribution in [-0.2, 0) is 6.54 Å². The van der Waals surface area contributed by atoms with Gasteiger partial charge in [-0.15, -0.1) is 0 Å². The number of para-hydroxylation sites is 1. The number of nitrogens with zero attached hydrogens (tertiary/aromatic N) is 1. The highest BCUT2D eigenvalue weighted by Gasteiger charge is 2.06. The van der Waals surface area contributed by atoms with Crippen LogP contribution < -0.4 is 10.9 Å². The zero-order valence-corrected chi connectivity index (χ0v) is 11.6. The molecule has 0 aliphatic rings. The average Bonchev–Trinajstić information content (AvgIpc) is 2.39. The van der Waals surface area contributed by atoms with Gasteiger partial charge in [0.2, 0.25) is 5.56 Å². The van der Waals surface area contributed by atoms with E-state index < -0.39 is 0 Å². The first kappa shape index (κ1) is 13.8. The SMILES string of the molecule is CCNCCN(C)Cc1cc(=O)[nH]c2ccccc12. The van der Waals surface area contributed by atoms with Crippen molar-refractivity contribution in [3.63, 3.8) is 0 Å². The summed E-state index contributed by atoms with van der Waals surface area (Å²) < 4.78 is 0. The molecule has 0 fully saturated rings. The van der Waals surface area contributed by atoms with Crippen molar-refractivity contribution >= 4 is 10.9 Å². The number of fused-ring (bicyclic) bond motifs is 1. The van der Waals surface area contributed by atoms with Crippen LogP contribution in [0.5, 0.6) is 0 Å². The summed E-state index contributed by atoms with van der Waals surface area (Å²) in [6.07, 6.45) is 0. The molecule has 2 N–H and O–H groups in total. The molecule has 0 unspecified atom stereocenters. The third-order valence-electron chi connectivity index (χ3n) is 3.20. The average molecular weight is 259 g/mol. The lowest BCUT2D eigenvalue weighted by molar-refractivity contribution is 0.326. The van der Waals surface area contributed by atoms with E-state index in [1.165, 1.54) is 0 Å². The standard InChI is InChI=1S/C15H21N3O/c1-3-16-8-9-18(2)11-12-10-15(19)17-14-7-5-4-6-13(12)14/h4-7,10,16H,3,8-9,11H2,1-2H3,(H,17,19). The van der Waals surface area contributed by atoms with Gasteiger partial charge in [-0.3, -0.25) is 4.79 Å². The fraction of sp³-hybridized carbons (Fsp3) is 0.400. The minimum absolute atomic E-state index is 0.0335. The lowest BCUT2D eigenvalue weighted by atomic mass is 10.1. The normalized spacial score (nSPS) is 11.3. The first-order valence-electron chi connectivity index (χ1n) is 6.71. The second-order valence-electron chi connectivity index (χ2n) is 4.80. The van der Waals surface area contributed by atoms with Crippen LogP contribution in [0, 0.1) is 0 Å². The molecule has 0 saturated carbocycles. The van der Waals surface area contributed by atoms with Gasteiger partial charge in [0.1, 0.15) is 0 Å². The molecule has 0 spiro atoms. The summed E-state index contributed by atoms with van der Waals surface area (Å²) in [4.78, 5) is 16.8. The number of aromatic amines is 1. The van der Waals surface area contributed by atoms with Gasteiger partial charge in [-0.2, -0.15) is 0 Å². The Kier molecular flexibility index (Phi) is 4.71. The number of benzene rings is 1. The van der Waals surface area contributed by atoms with E-state index in [-0.39, 0.29) is 5.56 Å². The lowest BCUT2D eigenvalue weighted by Gasteiger charge is -2.17. The van der Waals surface area contributed by atoms with Crippen molar-refractivity contribution in [2.45, 2.75) is 13.5 Å². The predicted molar refractivity (Wildman–Crippen MR) is 79.4 cm³/mol. The van der Waals surface area contributed by atoms with Crippen molar-refractivity contribution < 1.29 is 0 Å². The highest BCUT2D eigenvalue weighted by atomic mass is 16.1. The van der Waals surface area contributed by atoms with Crippen LogP contribution in [0.4, 0.5) is 0 Å². The van der Waals surface area contributed by atoms with E-state index in [1.54, 1.807) is 6.07 Å². The molecule has 19 heavy (non-hydrogen) atoms. The van der Waals surface area contributed by atoms with Crippen molar-refractivity contribution in [3.05, 3.63) is 46.2 Å². The monoisotopic (exact) mass is 259 g/mol. The maximum absolute atomic E-state index is 11.7. The Labute approximate surface area is 113 Å². The van der Waals surface area contributed by atoms with E-state index in [0.29, 0.717) is 0 Å². The first-order chi connectivity index (χ1) is 9.20. The quantitative estimate of drug-likeness (QED) is 0.774. The molecule has 4 nitrogen and oxygen atoms in total. The van der Waals surface area contributed by atoms with Gasteiger partial charge < -0.3 is 15.2 Å². The molecular weight excluding hydrogens is 238 g/mol. The summed E-state index contributed by atoms with van der Waals surface area (Å²) in [6, 6.07) is 9.64. The Morgan fingerprint density at radius 2 is 2.11 bits per heavy atom. The molecule has 0 bridgehead atoms. The minimum atomic E-state index is -0.0335. The van der Waals surface area contributed by atoms with Crippen molar-refractivity contribution in [2.24, 2.45) is 0 Å². The number of hydrogen-bond acceptors (Lipinski definition) is 3. The molecule has 4 heteroatoms. The van der Waals surface area contributed by atoms with Gasteiger partial charge >= 0.3 is 0 Å². The largest absolute Gasteiger partial charge is 0.322 e. The summed E-state index contributed by atoms with van der Waals surface area (Å²) in [5.41, 5.74) is 1.96. The second kappa shape index (κ2) is 6.50. The molecule has 0 radical (unpaired) electrons. The number of rotatable bonds is 6. The molecule has 0 atom stereocenters. The van der Waals surface area contributed by atoms with Gasteiger partial charge in [-0.05, 0) is 25.2 Å². The lowest BCUT2D eigenvalue weighted by Crippen LogP contribution is -2.29. The summed E-state index contributed by atoms with van der Waals surface area (Å²) in [6.45, 7) is 5.81. The smallest absolute Gasteiger partial charge is 0.248 e. The number of nitrogens with one attached hydrogen (secondary N) is 2. The van der Waals surface area contributed by atoms with Gasteiger partial charge in [0.15, 0.2) is 0 Å². The van der Waals surface area contributed by atoms with Crippen LogP contribution >= 0.6 is 0 Å². The summed E-state index contributed by atoms with van der Waals surface area (Å²) >= 11 is 0. The molecule has 0 saturated heterocycles. The zero-order valence-electron chi connectivity index (χ0n) is 11.6. The maximum atomic E-state index is 11.7. The Balaban J connectivity index is 2.17. The highest BCUT2D eigenvalue weighted by molar-refractivity contribution is 5.81. The summed E-state index contributed by atoms with van der Waals surface area (Å²) in [7, 11) is 2.08. The molecule has 102 valence electrons. The van der Waals surface area contributed by atoms with Crippen LogP contribution in [0.15, 0.2) is 35.1 Å². The molecule has 0 aliphatic heterocycles. The fourth-order valence-electron chi connectivity index (χ4n) is 2.22. The van der Waals surface area contributed by atoms with Crippen LogP contribution in [0.1, 0.15) is 12.5 Å². The Morgan fingerprint density at radius 3 is 2.89 bits per heavy atom. The Morgan fingerprint density at radius 1 is 1.32 bits per heavy atom. The third-order valence-corrected chi connectivity index (χ3v) is 3.20. The van der Waals surface area contributed by atoms with Crippen LogP contribution in [0.2, 0.25) is 0 Å². The molecule has 0 aliphatic carbocycles. The molecular formula is C15H21N3O. The second-order valence-corrected chi connectivity index (χ2v) is 4.80. The minimum Gasteiger partial charge on any atom is -0.322 e. The fourth-order valence-corrected chi connectivity index (χ4v) is 2.22. The van der Waals surface area contributed by atoms with E-state index >= 15 is 0 Å². The molecule has 1 aromatic carbocycles. The topological polar surface area (TPSA) is 48.1 Å². The van der Waals surface area contributed by atoms with Crippen LogP contribution in [0.25, 0.3) is 10.9 Å². The molecule has 0 amide bonds. The number of likely N-dealkylation sites (N-methyl/N-ethyl adjacent to an activating group) is 2. The third kappa shape index (κ3) is 3.66. The van der Waals surface area contributed by atoms with Crippen LogP contribution in [0.3, 0.4) is 0 Å². The van der Waals surface area contributed by atoms with E-state index in [4.69, 9.17) is 0 Å². The number of aromatic nitrogens is 1. The number of pyridine rings is 1. The van der Waals surface area contributed by atoms with Gasteiger partial charge in [0.05, 0.1) is 0 Å². The summed E-state index contributed by atoms with van der Waals surface area (Å²) in [5, 5.41) is 4.43. The van der Waals surface area contributed by atoms with Gasteiger partial charge in [-0.25, -0.2) is 0 Å². The van der Waals surface area contributed by atoms with E-state index in [9.17, 15) is 4.79 Å². The van der Waals surface area contributed by atoms with Gasteiger partial charge in [0, 0.05) is 36.6 Å². The summed E-state index contributed by atoms with van der Waals surface area (Å²) in [5.74, 6) is 0. The van der Waals surface area contributed by atoms with Crippen molar-refractivity contribution in [2.75, 3.05) is 26.7 Å². The predicted octanol–water partition coefficient (Wildman–Crippen LogP) is 1.57. The Hall–Kier alpha value is -1.65. The van der Waals surface area contributed by atoms with Gasteiger partial charge in [0.25, 0.3) is 0 Å². The van der Waals surface area contributed by atoms with Crippen LogP contribution in [-0.4, -0.2) is 36.6 Å². The molecule has 2 aromatic rings. The first-order valence-corrected chi connectivity index (χ1v) is 6.71. The van der Waals surface area contributed by atoms with Crippen molar-refractivity contribution in [1.29, 1.82) is 0 Å². The van der Waals surface area contributed by atoms with Crippen molar-refractivity contribution in [1.82, 2.24) is 15.2 Å². The number of hydrogen-bond donors (Lipinski definition) is 2. The van der Waals surface area contributed by atoms with Gasteiger partial charge in [-0.1, -0.05) is 25.1 Å². The maximum Gasteiger partial charge on any atom is 0.248 e. The molecule has 2 rings (SSSR count). The number of H-pyrrole nitrogens is 1. The Bertz CT molecular complexity index is 591. The zero-order chi connectivity index (χ0) is 13.7. The highest BCUT2D eigenvalue weighted by Crippen LogP contribution is 2.15. The molecule has 1 heterocycles. The van der Waals surface area contributed by atoms with Crippen molar-refractivity contribution in [3.8, 4) is 0 Å².